The predicted molar refractivity (Wildman–Crippen MR) is 106 cm³/mol. The van der Waals surface area contributed by atoms with E-state index in [0.29, 0.717) is 24.7 Å². The molecule has 1 aliphatic rings. The molecule has 7 nitrogen and oxygen atoms in total. The van der Waals surface area contributed by atoms with Crippen molar-refractivity contribution in [3.63, 3.8) is 0 Å². The number of piperazine rings is 1. The van der Waals surface area contributed by atoms with E-state index in [-0.39, 0.29) is 24.4 Å². The number of nitrogens with zero attached hydrogens (tertiary/aromatic N) is 4. The first kappa shape index (κ1) is 21.2. The van der Waals surface area contributed by atoms with E-state index in [1.165, 1.54) is 0 Å². The second-order valence-corrected chi connectivity index (χ2v) is 7.01. The van der Waals surface area contributed by atoms with Crippen molar-refractivity contribution in [3.8, 4) is 5.75 Å². The second kappa shape index (κ2) is 9.71. The topological polar surface area (TPSA) is 72.3 Å². The summed E-state index contributed by atoms with van der Waals surface area (Å²) in [5.41, 5.74) is 1.40. The summed E-state index contributed by atoms with van der Waals surface area (Å²) in [5.74, 6) is 1.29. The molecule has 1 N–H and O–H groups in total. The summed E-state index contributed by atoms with van der Waals surface area (Å²) in [7, 11) is 1.65. The lowest BCUT2D eigenvalue weighted by molar-refractivity contribution is 0.0625. The van der Waals surface area contributed by atoms with Gasteiger partial charge in [0.05, 0.1) is 19.3 Å². The molecule has 0 saturated carbocycles. The number of halogens is 1. The van der Waals surface area contributed by atoms with Crippen LogP contribution in [0.2, 0.25) is 0 Å². The SMILES string of the molecule is COc1ccccc1C1CNCCN1C(=O)c1cn(CCC(C)C)nn1.Cl. The zero-order valence-corrected chi connectivity index (χ0v) is 16.9. The highest BCUT2D eigenvalue weighted by atomic mass is 35.5. The highest BCUT2D eigenvalue weighted by Crippen LogP contribution is 2.30. The highest BCUT2D eigenvalue weighted by molar-refractivity contribution is 5.92. The van der Waals surface area contributed by atoms with Crippen molar-refractivity contribution in [2.24, 2.45) is 5.92 Å². The van der Waals surface area contributed by atoms with E-state index in [0.717, 1.165) is 30.8 Å². The van der Waals surface area contributed by atoms with Crippen molar-refractivity contribution in [2.45, 2.75) is 32.9 Å². The van der Waals surface area contributed by atoms with E-state index < -0.39 is 0 Å². The Bertz CT molecular complexity index is 749. The van der Waals surface area contributed by atoms with Crippen molar-refractivity contribution >= 4 is 18.3 Å². The smallest absolute Gasteiger partial charge is 0.276 e. The van der Waals surface area contributed by atoms with Crippen LogP contribution in [0.15, 0.2) is 30.5 Å². The summed E-state index contributed by atoms with van der Waals surface area (Å²) in [6, 6.07) is 7.75. The molecule has 0 aliphatic carbocycles. The first-order valence-electron chi connectivity index (χ1n) is 9.15. The molecular weight excluding hydrogens is 366 g/mol. The van der Waals surface area contributed by atoms with Gasteiger partial charge in [0, 0.05) is 31.7 Å². The van der Waals surface area contributed by atoms with Crippen LogP contribution in [0.4, 0.5) is 0 Å². The zero-order chi connectivity index (χ0) is 18.5. The molecular formula is C19H28ClN5O2. The van der Waals surface area contributed by atoms with Crippen molar-refractivity contribution in [1.82, 2.24) is 25.2 Å². The molecule has 0 spiro atoms. The van der Waals surface area contributed by atoms with Gasteiger partial charge in [-0.05, 0) is 18.4 Å². The van der Waals surface area contributed by atoms with E-state index in [1.54, 1.807) is 18.0 Å². The third-order valence-corrected chi connectivity index (χ3v) is 4.70. The van der Waals surface area contributed by atoms with Gasteiger partial charge in [-0.2, -0.15) is 0 Å². The van der Waals surface area contributed by atoms with E-state index in [4.69, 9.17) is 4.74 Å². The number of carbonyl (C=O) groups excluding carboxylic acids is 1. The number of benzene rings is 1. The molecule has 1 amide bonds. The molecule has 2 aromatic rings. The fourth-order valence-corrected chi connectivity index (χ4v) is 3.21. The van der Waals surface area contributed by atoms with Crippen molar-refractivity contribution < 1.29 is 9.53 Å². The molecule has 0 bridgehead atoms. The molecule has 0 radical (unpaired) electrons. The Balaban J connectivity index is 0.00000261. The minimum Gasteiger partial charge on any atom is -0.496 e. The summed E-state index contributed by atoms with van der Waals surface area (Å²) in [6.45, 7) is 7.19. The molecule has 2 heterocycles. The van der Waals surface area contributed by atoms with Gasteiger partial charge in [0.25, 0.3) is 5.91 Å². The number of rotatable bonds is 6. The van der Waals surface area contributed by atoms with E-state index in [9.17, 15) is 4.79 Å². The maximum Gasteiger partial charge on any atom is 0.276 e. The lowest BCUT2D eigenvalue weighted by Crippen LogP contribution is -2.48. The average molecular weight is 394 g/mol. The highest BCUT2D eigenvalue weighted by Gasteiger charge is 2.31. The van der Waals surface area contributed by atoms with Crippen LogP contribution in [0.1, 0.15) is 42.4 Å². The minimum absolute atomic E-state index is 0. The van der Waals surface area contributed by atoms with Crippen LogP contribution >= 0.6 is 12.4 Å². The summed E-state index contributed by atoms with van der Waals surface area (Å²) in [4.78, 5) is 14.9. The molecule has 1 fully saturated rings. The number of para-hydroxylation sites is 1. The molecule has 1 unspecified atom stereocenters. The number of methoxy groups -OCH3 is 1. The summed E-state index contributed by atoms with van der Waals surface area (Å²) in [5, 5.41) is 11.6. The van der Waals surface area contributed by atoms with Crippen LogP contribution in [0, 0.1) is 5.92 Å². The third-order valence-electron chi connectivity index (χ3n) is 4.70. The lowest BCUT2D eigenvalue weighted by Gasteiger charge is -2.36. The standard InChI is InChI=1S/C19H27N5O2.ClH/c1-14(2)8-10-23-13-16(21-22-23)19(25)24-11-9-20-12-17(24)15-6-4-5-7-18(15)26-3;/h4-7,13-14,17,20H,8-12H2,1-3H3;1H. The van der Waals surface area contributed by atoms with Crippen molar-refractivity contribution in [2.75, 3.05) is 26.7 Å². The average Bonchev–Trinajstić information content (AvgIpc) is 3.15. The number of ether oxygens (including phenoxy) is 1. The molecule has 1 aromatic heterocycles. The van der Waals surface area contributed by atoms with Gasteiger partial charge in [0.1, 0.15) is 5.75 Å². The molecule has 1 aliphatic heterocycles. The molecule has 1 saturated heterocycles. The quantitative estimate of drug-likeness (QED) is 0.816. The largest absolute Gasteiger partial charge is 0.496 e. The van der Waals surface area contributed by atoms with Gasteiger partial charge >= 0.3 is 0 Å². The Labute approximate surface area is 166 Å². The van der Waals surface area contributed by atoms with Gasteiger partial charge in [-0.15, -0.1) is 17.5 Å². The predicted octanol–water partition coefficient (Wildman–Crippen LogP) is 2.54. The monoisotopic (exact) mass is 393 g/mol. The van der Waals surface area contributed by atoms with Crippen LogP contribution in [-0.4, -0.2) is 52.5 Å². The summed E-state index contributed by atoms with van der Waals surface area (Å²) in [6.07, 6.45) is 2.76. The fourth-order valence-electron chi connectivity index (χ4n) is 3.21. The van der Waals surface area contributed by atoms with Gasteiger partial charge in [0.15, 0.2) is 5.69 Å². The number of aromatic nitrogens is 3. The molecule has 27 heavy (non-hydrogen) atoms. The maximum absolute atomic E-state index is 13.1. The van der Waals surface area contributed by atoms with Gasteiger partial charge in [-0.3, -0.25) is 9.48 Å². The Morgan fingerprint density at radius 1 is 1.37 bits per heavy atom. The Morgan fingerprint density at radius 2 is 2.15 bits per heavy atom. The van der Waals surface area contributed by atoms with Crippen molar-refractivity contribution in [1.29, 1.82) is 0 Å². The van der Waals surface area contributed by atoms with Crippen molar-refractivity contribution in [3.05, 3.63) is 41.7 Å². The summed E-state index contributed by atoms with van der Waals surface area (Å²) < 4.78 is 7.25. The molecule has 1 atom stereocenters. The van der Waals surface area contributed by atoms with E-state index in [1.807, 2.05) is 29.2 Å². The maximum atomic E-state index is 13.1. The molecule has 8 heteroatoms. The van der Waals surface area contributed by atoms with Gasteiger partial charge in [-0.25, -0.2) is 0 Å². The van der Waals surface area contributed by atoms with Gasteiger partial charge in [0.2, 0.25) is 0 Å². The van der Waals surface area contributed by atoms with E-state index >= 15 is 0 Å². The van der Waals surface area contributed by atoms with Crippen LogP contribution in [0.3, 0.4) is 0 Å². The van der Waals surface area contributed by atoms with Crippen LogP contribution in [0.25, 0.3) is 0 Å². The van der Waals surface area contributed by atoms with E-state index in [2.05, 4.69) is 29.5 Å². The Morgan fingerprint density at radius 3 is 2.89 bits per heavy atom. The number of aryl methyl sites for hydroxylation is 1. The summed E-state index contributed by atoms with van der Waals surface area (Å²) >= 11 is 0. The Kier molecular flexibility index (Phi) is 7.62. The molecule has 1 aromatic carbocycles. The fraction of sp³-hybridized carbons (Fsp3) is 0.526. The number of carbonyl (C=O) groups is 1. The second-order valence-electron chi connectivity index (χ2n) is 7.01. The van der Waals surface area contributed by atoms with Crippen LogP contribution < -0.4 is 10.1 Å². The number of nitrogens with one attached hydrogen (secondary N) is 1. The Hall–Kier alpha value is -2.12. The normalized spacial score (nSPS) is 16.9. The van der Waals surface area contributed by atoms with Gasteiger partial charge < -0.3 is 15.0 Å². The lowest BCUT2D eigenvalue weighted by atomic mass is 10.0. The van der Waals surface area contributed by atoms with Gasteiger partial charge in [-0.1, -0.05) is 37.3 Å². The first-order chi connectivity index (χ1) is 12.6. The number of hydrogen-bond donors (Lipinski definition) is 1. The first-order valence-corrected chi connectivity index (χ1v) is 9.15. The van der Waals surface area contributed by atoms with Crippen LogP contribution in [-0.2, 0) is 6.54 Å². The third kappa shape index (κ3) is 4.99. The molecule has 148 valence electrons. The minimum atomic E-state index is -0.0896. The molecule has 3 rings (SSSR count). The van der Waals surface area contributed by atoms with Crippen LogP contribution in [0.5, 0.6) is 5.75 Å². The number of hydrogen-bond acceptors (Lipinski definition) is 5. The zero-order valence-electron chi connectivity index (χ0n) is 16.1. The number of amides is 1.